The Labute approximate surface area is 138 Å². The van der Waals surface area contributed by atoms with E-state index in [9.17, 15) is 14.9 Å². The fourth-order valence-corrected chi connectivity index (χ4v) is 2.22. The van der Waals surface area contributed by atoms with E-state index in [4.69, 9.17) is 11.6 Å². The topological polar surface area (TPSA) is 84.3 Å². The molecule has 6 nitrogen and oxygen atoms in total. The minimum atomic E-state index is -0.459. The summed E-state index contributed by atoms with van der Waals surface area (Å²) in [6.07, 6.45) is 0.205. The number of amides is 1. The van der Waals surface area contributed by atoms with Crippen molar-refractivity contribution in [2.45, 2.75) is 13.0 Å². The smallest absolute Gasteiger partial charge is 0.292 e. The molecule has 0 aliphatic heterocycles. The number of nitrogens with zero attached hydrogens (tertiary/aromatic N) is 1. The maximum atomic E-state index is 11.8. The van der Waals surface area contributed by atoms with Gasteiger partial charge >= 0.3 is 0 Å². The third-order valence-corrected chi connectivity index (χ3v) is 3.57. The van der Waals surface area contributed by atoms with E-state index < -0.39 is 4.92 Å². The molecule has 1 amide bonds. The molecule has 0 saturated heterocycles. The summed E-state index contributed by atoms with van der Waals surface area (Å²) >= 11 is 6.01. The summed E-state index contributed by atoms with van der Waals surface area (Å²) in [5, 5.41) is 17.2. The molecule has 0 bridgehead atoms. The second kappa shape index (κ2) is 8.14. The van der Waals surface area contributed by atoms with Gasteiger partial charge in [-0.1, -0.05) is 41.9 Å². The Morgan fingerprint density at radius 2 is 1.83 bits per heavy atom. The monoisotopic (exact) mass is 333 g/mol. The number of anilines is 1. The Bertz CT molecular complexity index is 706. The average molecular weight is 334 g/mol. The lowest BCUT2D eigenvalue weighted by atomic mass is 10.2. The predicted octanol–water partition coefficient (Wildman–Crippen LogP) is 3.37. The first-order valence-corrected chi connectivity index (χ1v) is 7.43. The van der Waals surface area contributed by atoms with Crippen molar-refractivity contribution in [2.24, 2.45) is 0 Å². The number of nitro groups is 1. The van der Waals surface area contributed by atoms with Gasteiger partial charge in [0.2, 0.25) is 5.91 Å². The van der Waals surface area contributed by atoms with Crippen molar-refractivity contribution in [2.75, 3.05) is 11.9 Å². The highest BCUT2D eigenvalue weighted by molar-refractivity contribution is 6.31. The quantitative estimate of drug-likeness (QED) is 0.601. The molecule has 7 heteroatoms. The summed E-state index contributed by atoms with van der Waals surface area (Å²) < 4.78 is 0. The van der Waals surface area contributed by atoms with Crippen LogP contribution in [0.25, 0.3) is 0 Å². The lowest BCUT2D eigenvalue weighted by Gasteiger charge is -2.08. The summed E-state index contributed by atoms with van der Waals surface area (Å²) in [7, 11) is 0. The Morgan fingerprint density at radius 3 is 2.57 bits per heavy atom. The number of carbonyl (C=O) groups excluding carboxylic acids is 1. The summed E-state index contributed by atoms with van der Waals surface area (Å²) in [6.45, 7) is 0.656. The van der Waals surface area contributed by atoms with E-state index in [-0.39, 0.29) is 18.0 Å². The van der Waals surface area contributed by atoms with Crippen molar-refractivity contribution in [1.82, 2.24) is 5.32 Å². The molecule has 0 aromatic heterocycles. The third-order valence-electron chi connectivity index (χ3n) is 3.20. The number of rotatable bonds is 7. The van der Waals surface area contributed by atoms with Gasteiger partial charge in [0, 0.05) is 30.6 Å². The van der Waals surface area contributed by atoms with Crippen LogP contribution >= 0.6 is 11.6 Å². The van der Waals surface area contributed by atoms with Crippen molar-refractivity contribution in [1.29, 1.82) is 0 Å². The van der Waals surface area contributed by atoms with Crippen molar-refractivity contribution in [3.05, 3.63) is 69.2 Å². The third kappa shape index (κ3) is 4.96. The van der Waals surface area contributed by atoms with Gasteiger partial charge in [-0.05, 0) is 17.7 Å². The van der Waals surface area contributed by atoms with E-state index in [1.165, 1.54) is 6.07 Å². The van der Waals surface area contributed by atoms with Crippen LogP contribution in [0.1, 0.15) is 12.0 Å². The van der Waals surface area contributed by atoms with E-state index in [0.717, 1.165) is 5.56 Å². The summed E-state index contributed by atoms with van der Waals surface area (Å²) in [4.78, 5) is 22.2. The highest BCUT2D eigenvalue weighted by Gasteiger charge is 2.12. The number of hydrogen-bond donors (Lipinski definition) is 2. The Balaban J connectivity index is 1.79. The molecule has 23 heavy (non-hydrogen) atoms. The van der Waals surface area contributed by atoms with Gasteiger partial charge in [-0.2, -0.15) is 0 Å². The van der Waals surface area contributed by atoms with Gasteiger partial charge in [0.15, 0.2) is 0 Å². The molecule has 0 atom stereocenters. The maximum Gasteiger partial charge on any atom is 0.292 e. The molecule has 0 aliphatic rings. The minimum absolute atomic E-state index is 0.0102. The molecule has 0 fully saturated rings. The highest BCUT2D eigenvalue weighted by Crippen LogP contribution is 2.22. The normalized spacial score (nSPS) is 10.1. The number of nitro benzene ring substituents is 1. The molecule has 2 rings (SSSR count). The molecule has 0 heterocycles. The molecular weight excluding hydrogens is 318 g/mol. The first-order valence-electron chi connectivity index (χ1n) is 7.05. The fourth-order valence-electron chi connectivity index (χ4n) is 2.02. The SMILES string of the molecule is O=C(CCNc1ccccc1[N+](=O)[O-])NCc1ccccc1Cl. The molecule has 2 aromatic carbocycles. The van der Waals surface area contributed by atoms with Crippen LogP contribution in [0, 0.1) is 10.1 Å². The van der Waals surface area contributed by atoms with Gasteiger partial charge in [-0.15, -0.1) is 0 Å². The van der Waals surface area contributed by atoms with Gasteiger partial charge in [0.05, 0.1) is 4.92 Å². The number of benzene rings is 2. The van der Waals surface area contributed by atoms with Crippen molar-refractivity contribution in [3.63, 3.8) is 0 Å². The van der Waals surface area contributed by atoms with Crippen LogP contribution < -0.4 is 10.6 Å². The van der Waals surface area contributed by atoms with Crippen LogP contribution in [-0.4, -0.2) is 17.4 Å². The Morgan fingerprint density at radius 1 is 1.13 bits per heavy atom. The van der Waals surface area contributed by atoms with Crippen molar-refractivity contribution in [3.8, 4) is 0 Å². The zero-order chi connectivity index (χ0) is 16.7. The Kier molecular flexibility index (Phi) is 5.94. The predicted molar refractivity (Wildman–Crippen MR) is 89.5 cm³/mol. The van der Waals surface area contributed by atoms with Gasteiger partial charge < -0.3 is 10.6 Å². The molecule has 0 aliphatic carbocycles. The van der Waals surface area contributed by atoms with Crippen LogP contribution in [0.5, 0.6) is 0 Å². The first-order chi connectivity index (χ1) is 11.1. The van der Waals surface area contributed by atoms with E-state index in [2.05, 4.69) is 10.6 Å². The second-order valence-electron chi connectivity index (χ2n) is 4.82. The van der Waals surface area contributed by atoms with Crippen molar-refractivity contribution < 1.29 is 9.72 Å². The number of carbonyl (C=O) groups is 1. The Hall–Kier alpha value is -2.60. The van der Waals surface area contributed by atoms with Gasteiger partial charge in [0.1, 0.15) is 5.69 Å². The lowest BCUT2D eigenvalue weighted by Crippen LogP contribution is -2.25. The number of para-hydroxylation sites is 2. The standard InChI is InChI=1S/C16H16ClN3O3/c17-13-6-2-1-5-12(13)11-19-16(21)9-10-18-14-7-3-4-8-15(14)20(22)23/h1-8,18H,9-11H2,(H,19,21). The summed E-state index contributed by atoms with van der Waals surface area (Å²) in [5.74, 6) is -0.156. The molecule has 2 N–H and O–H groups in total. The van der Waals surface area contributed by atoms with Gasteiger partial charge in [-0.3, -0.25) is 14.9 Å². The van der Waals surface area contributed by atoms with E-state index in [1.807, 2.05) is 18.2 Å². The molecule has 0 saturated carbocycles. The molecule has 0 spiro atoms. The largest absolute Gasteiger partial charge is 0.379 e. The zero-order valence-corrected chi connectivity index (χ0v) is 13.0. The number of halogens is 1. The van der Waals surface area contributed by atoms with Crippen LogP contribution in [0.2, 0.25) is 5.02 Å². The average Bonchev–Trinajstić information content (AvgIpc) is 2.54. The van der Waals surface area contributed by atoms with Crippen LogP contribution in [0.3, 0.4) is 0 Å². The zero-order valence-electron chi connectivity index (χ0n) is 12.3. The number of nitrogens with one attached hydrogen (secondary N) is 2. The lowest BCUT2D eigenvalue weighted by molar-refractivity contribution is -0.384. The molecular formula is C16H16ClN3O3. The summed E-state index contributed by atoms with van der Waals surface area (Å²) in [5.41, 5.74) is 1.23. The van der Waals surface area contributed by atoms with Gasteiger partial charge in [-0.25, -0.2) is 0 Å². The van der Waals surface area contributed by atoms with Crippen LogP contribution in [0.4, 0.5) is 11.4 Å². The minimum Gasteiger partial charge on any atom is -0.379 e. The number of hydrogen-bond acceptors (Lipinski definition) is 4. The van der Waals surface area contributed by atoms with E-state index >= 15 is 0 Å². The fraction of sp³-hybridized carbons (Fsp3) is 0.188. The highest BCUT2D eigenvalue weighted by atomic mass is 35.5. The van der Waals surface area contributed by atoms with Crippen LogP contribution in [-0.2, 0) is 11.3 Å². The summed E-state index contributed by atoms with van der Waals surface area (Å²) in [6, 6.07) is 13.6. The van der Waals surface area contributed by atoms with E-state index in [0.29, 0.717) is 23.8 Å². The van der Waals surface area contributed by atoms with Crippen molar-refractivity contribution >= 4 is 28.9 Å². The van der Waals surface area contributed by atoms with E-state index in [1.54, 1.807) is 24.3 Å². The van der Waals surface area contributed by atoms with Crippen LogP contribution in [0.15, 0.2) is 48.5 Å². The molecule has 0 radical (unpaired) electrons. The van der Waals surface area contributed by atoms with Gasteiger partial charge in [0.25, 0.3) is 5.69 Å². The first kappa shape index (κ1) is 16.8. The maximum absolute atomic E-state index is 11.8. The molecule has 2 aromatic rings. The molecule has 0 unspecified atom stereocenters. The second-order valence-corrected chi connectivity index (χ2v) is 5.23. The molecule has 120 valence electrons.